The molecule has 6 nitrogen and oxygen atoms in total. The number of ether oxygens (including phenoxy) is 1. The minimum Gasteiger partial charge on any atom is -0.462 e. The molecule has 1 aromatic carbocycles. The van der Waals surface area contributed by atoms with Crippen molar-refractivity contribution in [3.63, 3.8) is 0 Å². The number of hydrogen-bond acceptors (Lipinski definition) is 5. The van der Waals surface area contributed by atoms with Crippen LogP contribution in [0.1, 0.15) is 59.7 Å². The number of carbonyl (C=O) groups excluding carboxylic acids is 2. The van der Waals surface area contributed by atoms with Crippen molar-refractivity contribution < 1.29 is 14.3 Å². The van der Waals surface area contributed by atoms with E-state index in [1.54, 1.807) is 49.5 Å². The number of carbonyl (C=O) groups is 2. The number of nitrogens with zero attached hydrogens (tertiary/aromatic N) is 1. The summed E-state index contributed by atoms with van der Waals surface area (Å²) in [6.07, 6.45) is 9.92. The van der Waals surface area contributed by atoms with Crippen molar-refractivity contribution in [2.24, 2.45) is 0 Å². The lowest BCUT2D eigenvalue weighted by molar-refractivity contribution is 0.0526. The first-order valence-electron chi connectivity index (χ1n) is 10.1. The van der Waals surface area contributed by atoms with Gasteiger partial charge >= 0.3 is 5.97 Å². The second-order valence-corrected chi connectivity index (χ2v) is 6.97. The van der Waals surface area contributed by atoms with Gasteiger partial charge in [0.2, 0.25) is 0 Å². The molecule has 0 atom stereocenters. The third-order valence-electron chi connectivity index (χ3n) is 4.81. The lowest BCUT2D eigenvalue weighted by Crippen LogP contribution is -2.13. The Bertz CT molecular complexity index is 875. The van der Waals surface area contributed by atoms with Crippen LogP contribution in [-0.2, 0) is 4.74 Å². The summed E-state index contributed by atoms with van der Waals surface area (Å²) >= 11 is 0. The van der Waals surface area contributed by atoms with E-state index in [0.29, 0.717) is 29.2 Å². The van der Waals surface area contributed by atoms with Crippen molar-refractivity contribution in [1.82, 2.24) is 4.98 Å². The molecule has 2 N–H and O–H groups in total. The van der Waals surface area contributed by atoms with Crippen LogP contribution in [0, 0.1) is 0 Å². The van der Waals surface area contributed by atoms with E-state index in [2.05, 4.69) is 21.7 Å². The van der Waals surface area contributed by atoms with Crippen LogP contribution >= 0.6 is 0 Å². The van der Waals surface area contributed by atoms with Gasteiger partial charge < -0.3 is 15.4 Å². The summed E-state index contributed by atoms with van der Waals surface area (Å²) in [6.45, 7) is 2.89. The average Bonchev–Trinajstić information content (AvgIpc) is 2.75. The van der Waals surface area contributed by atoms with Gasteiger partial charge in [-0.25, -0.2) is 9.78 Å². The van der Waals surface area contributed by atoms with Gasteiger partial charge in [-0.15, -0.1) is 0 Å². The maximum atomic E-state index is 12.5. The molecule has 152 valence electrons. The zero-order valence-electron chi connectivity index (χ0n) is 16.7. The maximum Gasteiger partial charge on any atom is 0.338 e. The summed E-state index contributed by atoms with van der Waals surface area (Å²) in [4.78, 5) is 28.5. The molecule has 0 bridgehead atoms. The van der Waals surface area contributed by atoms with Gasteiger partial charge in [0.05, 0.1) is 12.2 Å². The topological polar surface area (TPSA) is 80.3 Å². The van der Waals surface area contributed by atoms with Crippen LogP contribution in [0.3, 0.4) is 0 Å². The van der Waals surface area contributed by atoms with Crippen LogP contribution in [0.2, 0.25) is 0 Å². The number of rotatable bonds is 8. The van der Waals surface area contributed by atoms with E-state index in [1.807, 2.05) is 0 Å². The molecule has 1 heterocycles. The lowest BCUT2D eigenvalue weighted by atomic mass is 9.97. The molecule has 1 aromatic heterocycles. The highest BCUT2D eigenvalue weighted by molar-refractivity contribution is 6.04. The van der Waals surface area contributed by atoms with Gasteiger partial charge in [0, 0.05) is 24.0 Å². The summed E-state index contributed by atoms with van der Waals surface area (Å²) < 4.78 is 4.96. The van der Waals surface area contributed by atoms with Crippen LogP contribution < -0.4 is 10.6 Å². The fraction of sp³-hybridized carbons (Fsp3) is 0.348. The first kappa shape index (κ1) is 20.6. The molecule has 0 fully saturated rings. The molecule has 1 aliphatic rings. The second-order valence-electron chi connectivity index (χ2n) is 6.97. The summed E-state index contributed by atoms with van der Waals surface area (Å²) in [6, 6.07) is 10.1. The summed E-state index contributed by atoms with van der Waals surface area (Å²) in [5.41, 5.74) is 3.09. The second kappa shape index (κ2) is 10.4. The normalized spacial score (nSPS) is 13.3. The first-order valence-corrected chi connectivity index (χ1v) is 10.1. The van der Waals surface area contributed by atoms with E-state index in [9.17, 15) is 9.59 Å². The third-order valence-corrected chi connectivity index (χ3v) is 4.81. The molecule has 3 rings (SSSR count). The number of benzene rings is 1. The molecule has 0 spiro atoms. The Labute approximate surface area is 171 Å². The summed E-state index contributed by atoms with van der Waals surface area (Å²) in [5.74, 6) is 0.0836. The Morgan fingerprint density at radius 2 is 1.93 bits per heavy atom. The molecule has 0 aliphatic heterocycles. The molecule has 0 radical (unpaired) electrons. The van der Waals surface area contributed by atoms with E-state index < -0.39 is 0 Å². The number of amides is 1. The molecular formula is C23H27N3O3. The van der Waals surface area contributed by atoms with E-state index in [4.69, 9.17) is 4.74 Å². The molecule has 0 unspecified atom stereocenters. The van der Waals surface area contributed by atoms with Crippen molar-refractivity contribution in [3.05, 3.63) is 65.4 Å². The third kappa shape index (κ3) is 6.17. The van der Waals surface area contributed by atoms with E-state index in [0.717, 1.165) is 13.0 Å². The highest BCUT2D eigenvalue weighted by Gasteiger charge is 2.10. The number of hydrogen-bond donors (Lipinski definition) is 2. The Morgan fingerprint density at radius 3 is 2.66 bits per heavy atom. The standard InChI is InChI=1S/C23H27N3O3/c1-2-29-23(28)18-8-10-20(11-9-18)26-22(27)19-13-15-25-21(16-19)24-14-12-17-6-4-3-5-7-17/h6,8-11,13,15-16H,2-5,7,12,14H2,1H3,(H,24,25)(H,26,27). The minimum absolute atomic E-state index is 0.227. The van der Waals surface area contributed by atoms with Crippen molar-refractivity contribution in [3.8, 4) is 0 Å². The zero-order valence-corrected chi connectivity index (χ0v) is 16.7. The van der Waals surface area contributed by atoms with Crippen LogP contribution in [0.4, 0.5) is 11.5 Å². The van der Waals surface area contributed by atoms with E-state index >= 15 is 0 Å². The van der Waals surface area contributed by atoms with Gasteiger partial charge in [0.15, 0.2) is 0 Å². The van der Waals surface area contributed by atoms with E-state index in [1.165, 1.54) is 31.3 Å². The van der Waals surface area contributed by atoms with Gasteiger partial charge in [-0.2, -0.15) is 0 Å². The lowest BCUT2D eigenvalue weighted by Gasteiger charge is -2.13. The Balaban J connectivity index is 1.54. The van der Waals surface area contributed by atoms with Crippen molar-refractivity contribution in [1.29, 1.82) is 0 Å². The number of allylic oxidation sites excluding steroid dienone is 1. The summed E-state index contributed by atoms with van der Waals surface area (Å²) in [5, 5.41) is 6.14. The van der Waals surface area contributed by atoms with Gasteiger partial charge in [-0.05, 0) is 75.4 Å². The molecule has 1 amide bonds. The fourth-order valence-corrected chi connectivity index (χ4v) is 3.26. The molecule has 0 saturated heterocycles. The molecule has 1 aliphatic carbocycles. The van der Waals surface area contributed by atoms with Crippen molar-refractivity contribution >= 4 is 23.4 Å². The van der Waals surface area contributed by atoms with Crippen LogP contribution in [-0.4, -0.2) is 30.0 Å². The Hall–Kier alpha value is -3.15. The maximum absolute atomic E-state index is 12.5. The zero-order chi connectivity index (χ0) is 20.5. The molecule has 0 saturated carbocycles. The minimum atomic E-state index is -0.376. The Kier molecular flexibility index (Phi) is 7.39. The van der Waals surface area contributed by atoms with Gasteiger partial charge in [-0.3, -0.25) is 4.79 Å². The van der Waals surface area contributed by atoms with Crippen LogP contribution in [0.15, 0.2) is 54.2 Å². The van der Waals surface area contributed by atoms with Gasteiger partial charge in [0.25, 0.3) is 5.91 Å². The fourth-order valence-electron chi connectivity index (χ4n) is 3.26. The number of pyridine rings is 1. The Morgan fingerprint density at radius 1 is 1.10 bits per heavy atom. The smallest absolute Gasteiger partial charge is 0.338 e. The predicted molar refractivity (Wildman–Crippen MR) is 114 cm³/mol. The van der Waals surface area contributed by atoms with Crippen molar-refractivity contribution in [2.75, 3.05) is 23.8 Å². The van der Waals surface area contributed by atoms with Crippen LogP contribution in [0.5, 0.6) is 0 Å². The summed E-state index contributed by atoms with van der Waals surface area (Å²) in [7, 11) is 0. The quantitative estimate of drug-likeness (QED) is 0.497. The number of esters is 1. The molecular weight excluding hydrogens is 366 g/mol. The average molecular weight is 393 g/mol. The highest BCUT2D eigenvalue weighted by Crippen LogP contribution is 2.20. The molecule has 6 heteroatoms. The number of aromatic nitrogens is 1. The largest absolute Gasteiger partial charge is 0.462 e. The predicted octanol–water partition coefficient (Wildman–Crippen LogP) is 4.81. The van der Waals surface area contributed by atoms with E-state index in [-0.39, 0.29) is 11.9 Å². The number of anilines is 2. The molecule has 2 aromatic rings. The monoisotopic (exact) mass is 393 g/mol. The van der Waals surface area contributed by atoms with Gasteiger partial charge in [-0.1, -0.05) is 11.6 Å². The van der Waals surface area contributed by atoms with Gasteiger partial charge in [0.1, 0.15) is 5.82 Å². The first-order chi connectivity index (χ1) is 14.2. The SMILES string of the molecule is CCOC(=O)c1ccc(NC(=O)c2ccnc(NCCC3=CCCCC3)c2)cc1. The molecule has 29 heavy (non-hydrogen) atoms. The number of nitrogens with one attached hydrogen (secondary N) is 2. The highest BCUT2D eigenvalue weighted by atomic mass is 16.5. The van der Waals surface area contributed by atoms with Crippen LogP contribution in [0.25, 0.3) is 0 Å². The van der Waals surface area contributed by atoms with Crippen molar-refractivity contribution in [2.45, 2.75) is 39.0 Å².